The standard InChI is InChI=1S/C17H25F2N3O/c1-3-21-8-10-22(11-9-21)7-6-17(23)20-13(2)14-4-5-15(18)16(19)12-14/h4-5,12-13H,3,6-11H2,1-2H3,(H,20,23). The van der Waals surface area contributed by atoms with Gasteiger partial charge in [0.15, 0.2) is 11.6 Å². The predicted octanol–water partition coefficient (Wildman–Crippen LogP) is 2.17. The molecule has 0 spiro atoms. The van der Waals surface area contributed by atoms with E-state index >= 15 is 0 Å². The molecule has 1 heterocycles. The van der Waals surface area contributed by atoms with E-state index < -0.39 is 11.6 Å². The van der Waals surface area contributed by atoms with Gasteiger partial charge in [-0.25, -0.2) is 8.78 Å². The number of hydrogen-bond donors (Lipinski definition) is 1. The molecule has 1 N–H and O–H groups in total. The second-order valence-corrected chi connectivity index (χ2v) is 5.99. The summed E-state index contributed by atoms with van der Waals surface area (Å²) in [5.41, 5.74) is 0.564. The van der Waals surface area contributed by atoms with Gasteiger partial charge >= 0.3 is 0 Å². The molecular formula is C17H25F2N3O. The first-order chi connectivity index (χ1) is 11.0. The molecule has 0 saturated carbocycles. The summed E-state index contributed by atoms with van der Waals surface area (Å²) < 4.78 is 26.2. The number of likely N-dealkylation sites (N-methyl/N-ethyl adjacent to an activating group) is 1. The molecule has 1 aromatic carbocycles. The number of carbonyl (C=O) groups excluding carboxylic acids is 1. The fourth-order valence-corrected chi connectivity index (χ4v) is 2.77. The first-order valence-electron chi connectivity index (χ1n) is 8.18. The lowest BCUT2D eigenvalue weighted by Crippen LogP contribution is -2.47. The summed E-state index contributed by atoms with van der Waals surface area (Å²) in [5.74, 6) is -1.84. The Morgan fingerprint density at radius 2 is 1.83 bits per heavy atom. The van der Waals surface area contributed by atoms with Crippen molar-refractivity contribution in [1.82, 2.24) is 15.1 Å². The fourth-order valence-electron chi connectivity index (χ4n) is 2.77. The molecule has 1 fully saturated rings. The maximum atomic E-state index is 13.2. The van der Waals surface area contributed by atoms with Gasteiger partial charge in [-0.2, -0.15) is 0 Å². The van der Waals surface area contributed by atoms with Crippen LogP contribution in [0.1, 0.15) is 31.9 Å². The van der Waals surface area contributed by atoms with Crippen LogP contribution in [0.2, 0.25) is 0 Å². The van der Waals surface area contributed by atoms with E-state index in [9.17, 15) is 13.6 Å². The maximum Gasteiger partial charge on any atom is 0.221 e. The monoisotopic (exact) mass is 325 g/mol. The van der Waals surface area contributed by atoms with E-state index in [1.807, 2.05) is 0 Å². The lowest BCUT2D eigenvalue weighted by atomic mass is 10.1. The lowest BCUT2D eigenvalue weighted by molar-refractivity contribution is -0.122. The molecule has 1 saturated heterocycles. The molecule has 4 nitrogen and oxygen atoms in total. The third kappa shape index (κ3) is 5.25. The van der Waals surface area contributed by atoms with Crippen molar-refractivity contribution in [3.8, 4) is 0 Å². The minimum atomic E-state index is -0.891. The third-order valence-corrected chi connectivity index (χ3v) is 4.39. The molecule has 0 aromatic heterocycles. The Morgan fingerprint density at radius 3 is 2.43 bits per heavy atom. The highest BCUT2D eigenvalue weighted by Crippen LogP contribution is 2.16. The zero-order chi connectivity index (χ0) is 16.8. The normalized spacial score (nSPS) is 17.9. The summed E-state index contributed by atoms with van der Waals surface area (Å²) >= 11 is 0. The quantitative estimate of drug-likeness (QED) is 0.871. The fraction of sp³-hybridized carbons (Fsp3) is 0.588. The Morgan fingerprint density at radius 1 is 1.17 bits per heavy atom. The molecule has 1 aliphatic heterocycles. The molecule has 23 heavy (non-hydrogen) atoms. The molecule has 2 rings (SSSR count). The van der Waals surface area contributed by atoms with Crippen LogP contribution in [-0.2, 0) is 4.79 Å². The van der Waals surface area contributed by atoms with Crippen LogP contribution in [0, 0.1) is 11.6 Å². The molecule has 1 amide bonds. The van der Waals surface area contributed by atoms with E-state index in [0.717, 1.165) is 51.4 Å². The molecule has 1 aromatic rings. The minimum absolute atomic E-state index is 0.0693. The summed E-state index contributed by atoms with van der Waals surface area (Å²) in [7, 11) is 0. The predicted molar refractivity (Wildman–Crippen MR) is 86.1 cm³/mol. The van der Waals surface area contributed by atoms with Gasteiger partial charge < -0.3 is 15.1 Å². The Hall–Kier alpha value is -1.53. The number of amides is 1. The molecule has 0 bridgehead atoms. The molecule has 0 radical (unpaired) electrons. The number of piperazine rings is 1. The Labute approximate surface area is 136 Å². The molecule has 1 unspecified atom stereocenters. The van der Waals surface area contributed by atoms with Crippen molar-refractivity contribution in [3.63, 3.8) is 0 Å². The van der Waals surface area contributed by atoms with E-state index in [1.54, 1.807) is 6.92 Å². The van der Waals surface area contributed by atoms with Gasteiger partial charge in [0.1, 0.15) is 0 Å². The summed E-state index contributed by atoms with van der Waals surface area (Å²) in [6, 6.07) is 3.37. The van der Waals surface area contributed by atoms with E-state index in [2.05, 4.69) is 22.0 Å². The number of nitrogens with zero attached hydrogens (tertiary/aromatic N) is 2. The van der Waals surface area contributed by atoms with E-state index in [4.69, 9.17) is 0 Å². The molecule has 0 aliphatic carbocycles. The smallest absolute Gasteiger partial charge is 0.221 e. The Kier molecular flexibility index (Phi) is 6.47. The topological polar surface area (TPSA) is 35.6 Å². The van der Waals surface area contributed by atoms with Crippen LogP contribution in [0.5, 0.6) is 0 Å². The van der Waals surface area contributed by atoms with Gasteiger partial charge in [0.25, 0.3) is 0 Å². The first-order valence-corrected chi connectivity index (χ1v) is 8.18. The van der Waals surface area contributed by atoms with Gasteiger partial charge in [-0.05, 0) is 31.2 Å². The van der Waals surface area contributed by atoms with Crippen LogP contribution in [0.15, 0.2) is 18.2 Å². The number of halogens is 2. The van der Waals surface area contributed by atoms with E-state index in [0.29, 0.717) is 12.0 Å². The summed E-state index contributed by atoms with van der Waals surface area (Å²) in [5, 5.41) is 2.84. The van der Waals surface area contributed by atoms with Crippen LogP contribution in [0.4, 0.5) is 8.78 Å². The van der Waals surface area contributed by atoms with Crippen LogP contribution in [-0.4, -0.2) is 55.0 Å². The van der Waals surface area contributed by atoms with Crippen LogP contribution in [0.3, 0.4) is 0 Å². The van der Waals surface area contributed by atoms with Gasteiger partial charge in [-0.15, -0.1) is 0 Å². The number of hydrogen-bond acceptors (Lipinski definition) is 3. The van der Waals surface area contributed by atoms with Gasteiger partial charge in [-0.3, -0.25) is 4.79 Å². The molecule has 128 valence electrons. The Balaban J connectivity index is 1.75. The molecular weight excluding hydrogens is 300 g/mol. The van der Waals surface area contributed by atoms with E-state index in [1.165, 1.54) is 6.07 Å². The van der Waals surface area contributed by atoms with Crippen molar-refractivity contribution in [1.29, 1.82) is 0 Å². The van der Waals surface area contributed by atoms with Crippen molar-refractivity contribution in [3.05, 3.63) is 35.4 Å². The van der Waals surface area contributed by atoms with Crippen molar-refractivity contribution in [2.24, 2.45) is 0 Å². The molecule has 1 atom stereocenters. The average molecular weight is 325 g/mol. The lowest BCUT2D eigenvalue weighted by Gasteiger charge is -2.33. The molecule has 1 aliphatic rings. The first kappa shape index (κ1) is 17.8. The van der Waals surface area contributed by atoms with Gasteiger partial charge in [-0.1, -0.05) is 13.0 Å². The number of rotatable bonds is 6. The van der Waals surface area contributed by atoms with Gasteiger partial charge in [0.2, 0.25) is 5.91 Å². The summed E-state index contributed by atoms with van der Waals surface area (Å²) in [6.07, 6.45) is 0.417. The van der Waals surface area contributed by atoms with Crippen LogP contribution >= 0.6 is 0 Å². The van der Waals surface area contributed by atoms with Crippen molar-refractivity contribution in [2.45, 2.75) is 26.3 Å². The van der Waals surface area contributed by atoms with Crippen LogP contribution < -0.4 is 5.32 Å². The Bertz CT molecular complexity index is 531. The minimum Gasteiger partial charge on any atom is -0.350 e. The highest BCUT2D eigenvalue weighted by molar-refractivity contribution is 5.76. The third-order valence-electron chi connectivity index (χ3n) is 4.39. The second kappa shape index (κ2) is 8.36. The zero-order valence-corrected chi connectivity index (χ0v) is 13.8. The highest BCUT2D eigenvalue weighted by atomic mass is 19.2. The number of nitrogens with one attached hydrogen (secondary N) is 1. The largest absolute Gasteiger partial charge is 0.350 e. The SMILES string of the molecule is CCN1CCN(CCC(=O)NC(C)c2ccc(F)c(F)c2)CC1. The number of carbonyl (C=O) groups is 1. The second-order valence-electron chi connectivity index (χ2n) is 5.99. The maximum absolute atomic E-state index is 13.2. The molecule has 6 heteroatoms. The van der Waals surface area contributed by atoms with Crippen LogP contribution in [0.25, 0.3) is 0 Å². The van der Waals surface area contributed by atoms with Crippen molar-refractivity contribution >= 4 is 5.91 Å². The summed E-state index contributed by atoms with van der Waals surface area (Å²) in [4.78, 5) is 16.7. The van der Waals surface area contributed by atoms with Crippen molar-refractivity contribution in [2.75, 3.05) is 39.3 Å². The van der Waals surface area contributed by atoms with Crippen molar-refractivity contribution < 1.29 is 13.6 Å². The van der Waals surface area contributed by atoms with Gasteiger partial charge in [0.05, 0.1) is 6.04 Å². The van der Waals surface area contributed by atoms with E-state index in [-0.39, 0.29) is 11.9 Å². The summed E-state index contributed by atoms with van der Waals surface area (Å²) in [6.45, 7) is 9.79. The average Bonchev–Trinajstić information content (AvgIpc) is 2.55. The van der Waals surface area contributed by atoms with Gasteiger partial charge in [0, 0.05) is 39.1 Å². The number of benzene rings is 1. The zero-order valence-electron chi connectivity index (χ0n) is 13.8. The highest BCUT2D eigenvalue weighted by Gasteiger charge is 2.17.